The Kier molecular flexibility index (Phi) is 6.28. The van der Waals surface area contributed by atoms with Crippen LogP contribution in [0.25, 0.3) is 0 Å². The topological polar surface area (TPSA) is 57.5 Å². The van der Waals surface area contributed by atoms with Crippen molar-refractivity contribution in [3.63, 3.8) is 0 Å². The molecular formula is H2NaO3SSe. The standard InChI is InChI=1S/Na.H2O3SSe/c;1-4(2,3)5/h;(H2,1,2,3,5). The van der Waals surface area contributed by atoms with Crippen molar-refractivity contribution in [3.8, 4) is 0 Å². The quantitative estimate of drug-likeness (QED) is 0.471. The van der Waals surface area contributed by atoms with E-state index < -0.39 is 8.42 Å². The molecule has 0 aromatic heterocycles. The number of hydrogen-bond donors (Lipinski definition) is 2. The van der Waals surface area contributed by atoms with Crippen LogP contribution in [0.3, 0.4) is 0 Å². The molecule has 0 atom stereocenters. The molecule has 0 aliphatic rings. The van der Waals surface area contributed by atoms with E-state index in [0.717, 1.165) is 0 Å². The van der Waals surface area contributed by atoms with Gasteiger partial charge in [0.15, 0.2) is 0 Å². The molecule has 3 nitrogen and oxygen atoms in total. The summed E-state index contributed by atoms with van der Waals surface area (Å²) in [6, 6.07) is 0. The van der Waals surface area contributed by atoms with Gasteiger partial charge in [-0.05, 0) is 0 Å². The fourth-order valence-corrected chi connectivity index (χ4v) is 0. The van der Waals surface area contributed by atoms with Gasteiger partial charge in [-0.3, -0.25) is 0 Å². The summed E-state index contributed by atoms with van der Waals surface area (Å²) in [5.74, 6) is 0. The molecule has 0 bridgehead atoms. The average Bonchev–Trinajstić information content (AvgIpc) is 0.722. The van der Waals surface area contributed by atoms with E-state index in [1.54, 1.807) is 14.4 Å². The molecule has 1 radical (unpaired) electrons. The Hall–Kier alpha value is 1.59. The first-order valence-electron chi connectivity index (χ1n) is 0.698. The Bertz CT molecular complexity index is 94.0. The minimum absolute atomic E-state index is 0. The van der Waals surface area contributed by atoms with Crippen LogP contribution in [0.5, 0.6) is 0 Å². The van der Waals surface area contributed by atoms with Gasteiger partial charge in [-0.25, -0.2) is 0 Å². The Labute approximate surface area is 65.1 Å². The van der Waals surface area contributed by atoms with E-state index >= 15 is 0 Å². The summed E-state index contributed by atoms with van der Waals surface area (Å²) < 4.78 is 24.3. The van der Waals surface area contributed by atoms with Crippen LogP contribution in [0.1, 0.15) is 0 Å². The Balaban J connectivity index is 0. The smallest absolute Gasteiger partial charge is 0 e. The molecule has 0 spiro atoms. The average molecular weight is 184 g/mol. The minimum atomic E-state index is -3.54. The summed E-state index contributed by atoms with van der Waals surface area (Å²) in [4.78, 5) is 0. The zero-order chi connectivity index (χ0) is 4.50. The molecule has 0 unspecified atom stereocenters. The van der Waals surface area contributed by atoms with E-state index in [4.69, 9.17) is 9.11 Å². The van der Waals surface area contributed by atoms with Crippen LogP contribution in [0.4, 0.5) is 0 Å². The van der Waals surface area contributed by atoms with Crippen molar-refractivity contribution < 1.29 is 13.3 Å². The molecule has 0 fully saturated rings. The molecule has 2 N–H and O–H groups in total. The van der Waals surface area contributed by atoms with Crippen molar-refractivity contribution in [1.29, 1.82) is 0 Å². The first kappa shape index (κ1) is 10.5. The minimum Gasteiger partial charge on any atom is 0 e. The maximum Gasteiger partial charge on any atom is 0 e. The van der Waals surface area contributed by atoms with Gasteiger partial charge < -0.3 is 0 Å². The van der Waals surface area contributed by atoms with Crippen molar-refractivity contribution in [1.82, 2.24) is 0 Å². The van der Waals surface area contributed by atoms with E-state index in [1.807, 2.05) is 0 Å². The van der Waals surface area contributed by atoms with E-state index in [9.17, 15) is 4.21 Å². The largest absolute Gasteiger partial charge is 0 e. The van der Waals surface area contributed by atoms with Crippen molar-refractivity contribution >= 4 is 52.4 Å². The van der Waals surface area contributed by atoms with Gasteiger partial charge >= 0.3 is 36.1 Å². The summed E-state index contributed by atoms with van der Waals surface area (Å²) in [6.45, 7) is 0. The second-order valence-electron chi connectivity index (χ2n) is 0.448. The molecule has 6 heavy (non-hydrogen) atoms. The second kappa shape index (κ2) is 3.57. The predicted octanol–water partition coefficient (Wildman–Crippen LogP) is -1.08. The molecule has 0 heterocycles. The van der Waals surface area contributed by atoms with Gasteiger partial charge in [0.05, 0.1) is 0 Å². The van der Waals surface area contributed by atoms with Gasteiger partial charge in [-0.15, -0.1) is 0 Å². The first-order chi connectivity index (χ1) is 2.00. The summed E-state index contributed by atoms with van der Waals surface area (Å²) in [5.41, 5.74) is 0. The Morgan fingerprint density at radius 1 is 1.50 bits per heavy atom. The normalized spacial score (nSPS) is 9.67. The summed E-state index contributed by atoms with van der Waals surface area (Å²) >= 11 is 1.62. The van der Waals surface area contributed by atoms with Crippen LogP contribution < -0.4 is 0 Å². The molecule has 0 rings (SSSR count). The van der Waals surface area contributed by atoms with E-state index in [2.05, 4.69) is 0 Å². The van der Waals surface area contributed by atoms with Gasteiger partial charge in [-0.2, -0.15) is 0 Å². The molecule has 0 aromatic rings. The van der Waals surface area contributed by atoms with Crippen molar-refractivity contribution in [3.05, 3.63) is 0 Å². The van der Waals surface area contributed by atoms with Crippen LogP contribution in [0, 0.1) is 0 Å². The molecule has 33 valence electrons. The predicted molar refractivity (Wildman–Crippen MR) is 24.9 cm³/mol. The van der Waals surface area contributed by atoms with Gasteiger partial charge in [0.2, 0.25) is 0 Å². The number of rotatable bonds is 0. The third kappa shape index (κ3) is 46.6. The maximum absolute atomic E-state index is 9.24. The third-order valence-corrected chi connectivity index (χ3v) is 0. The van der Waals surface area contributed by atoms with Crippen LogP contribution in [-0.4, -0.2) is 57.3 Å². The van der Waals surface area contributed by atoms with E-state index in [0.29, 0.717) is 0 Å². The summed E-state index contributed by atoms with van der Waals surface area (Å²) in [7, 11) is -3.54. The van der Waals surface area contributed by atoms with Crippen LogP contribution in [-0.2, 0) is 8.42 Å². The van der Waals surface area contributed by atoms with Crippen LogP contribution >= 0.6 is 0 Å². The van der Waals surface area contributed by atoms with Gasteiger partial charge in [0.25, 0.3) is 0 Å². The fraction of sp³-hybridized carbons (Fsp3) is 0. The molecule has 0 saturated heterocycles. The van der Waals surface area contributed by atoms with Gasteiger partial charge in [0.1, 0.15) is 0 Å². The summed E-state index contributed by atoms with van der Waals surface area (Å²) in [5, 5.41) is 0. The molecule has 0 aliphatic heterocycles. The zero-order valence-electron chi connectivity index (χ0n) is 3.12. The zero-order valence-corrected chi connectivity index (χ0v) is 7.65. The third-order valence-electron chi connectivity index (χ3n) is 0. The molecule has 0 aliphatic carbocycles. The number of hydrogen-bond acceptors (Lipinski definition) is 1. The molecule has 6 heteroatoms. The Morgan fingerprint density at radius 2 is 1.50 bits per heavy atom. The maximum atomic E-state index is 9.24. The summed E-state index contributed by atoms with van der Waals surface area (Å²) in [6.07, 6.45) is 0. The molecule has 0 amide bonds. The van der Waals surface area contributed by atoms with Crippen molar-refractivity contribution in [2.75, 3.05) is 0 Å². The Morgan fingerprint density at radius 3 is 1.50 bits per heavy atom. The SMILES string of the molecule is O=S(O)(O)=[Se].[Na]. The van der Waals surface area contributed by atoms with Crippen molar-refractivity contribution in [2.45, 2.75) is 0 Å². The van der Waals surface area contributed by atoms with Gasteiger partial charge in [0, 0.05) is 29.6 Å². The van der Waals surface area contributed by atoms with Crippen LogP contribution in [0.15, 0.2) is 0 Å². The molecule has 0 aromatic carbocycles. The van der Waals surface area contributed by atoms with Crippen molar-refractivity contribution in [2.24, 2.45) is 0 Å². The van der Waals surface area contributed by atoms with E-state index in [-0.39, 0.29) is 29.6 Å². The van der Waals surface area contributed by atoms with Gasteiger partial charge in [-0.1, -0.05) is 0 Å². The monoisotopic (exact) mass is 185 g/mol. The fourth-order valence-electron chi connectivity index (χ4n) is 0. The van der Waals surface area contributed by atoms with E-state index in [1.165, 1.54) is 0 Å². The second-order valence-corrected chi connectivity index (χ2v) is 4.08. The first-order valence-corrected chi connectivity index (χ1v) is 4.19. The molecular weight excluding hydrogens is 182 g/mol. The molecule has 0 saturated carbocycles. The van der Waals surface area contributed by atoms with Crippen LogP contribution in [0.2, 0.25) is 0 Å².